The molecule has 1 aromatic heterocycles. The zero-order valence-electron chi connectivity index (χ0n) is 21.4. The Kier molecular flexibility index (Phi) is 7.67. The van der Waals surface area contributed by atoms with Crippen molar-refractivity contribution >= 4 is 29.4 Å². The van der Waals surface area contributed by atoms with Gasteiger partial charge in [-0.3, -0.25) is 14.6 Å². The first-order chi connectivity index (χ1) is 16.7. The highest BCUT2D eigenvalue weighted by molar-refractivity contribution is 6.31. The van der Waals surface area contributed by atoms with E-state index in [-0.39, 0.29) is 17.9 Å². The molecule has 8 heteroatoms. The van der Waals surface area contributed by atoms with Crippen molar-refractivity contribution in [3.8, 4) is 0 Å². The van der Waals surface area contributed by atoms with Crippen LogP contribution in [0.3, 0.4) is 0 Å². The van der Waals surface area contributed by atoms with E-state index >= 15 is 0 Å². The summed E-state index contributed by atoms with van der Waals surface area (Å²) in [5.41, 5.74) is 4.62. The molecule has 1 aliphatic carbocycles. The Hall–Kier alpha value is -2.64. The molecule has 1 saturated carbocycles. The van der Waals surface area contributed by atoms with Gasteiger partial charge in [0.15, 0.2) is 5.43 Å². The first-order valence-corrected chi connectivity index (χ1v) is 12.8. The van der Waals surface area contributed by atoms with Crippen molar-refractivity contribution in [3.05, 3.63) is 61.5 Å². The Morgan fingerprint density at radius 2 is 1.83 bits per heavy atom. The number of nitrogens with zero attached hydrogens (tertiary/aromatic N) is 4. The number of carbonyl (C=O) groups is 1. The number of carbonyl (C=O) groups excluding carboxylic acids is 1. The molecule has 2 aromatic rings. The van der Waals surface area contributed by atoms with Crippen LogP contribution in [0.1, 0.15) is 65.5 Å². The Morgan fingerprint density at radius 1 is 1.14 bits per heavy atom. The summed E-state index contributed by atoms with van der Waals surface area (Å²) in [6, 6.07) is 6.35. The van der Waals surface area contributed by atoms with Gasteiger partial charge >= 0.3 is 0 Å². The van der Waals surface area contributed by atoms with Crippen molar-refractivity contribution in [1.29, 1.82) is 0 Å². The zero-order valence-corrected chi connectivity index (χ0v) is 22.2. The van der Waals surface area contributed by atoms with Crippen LogP contribution in [-0.2, 0) is 13.2 Å². The summed E-state index contributed by atoms with van der Waals surface area (Å²) in [7, 11) is 4.31. The number of rotatable bonds is 7. The third kappa shape index (κ3) is 5.16. The highest BCUT2D eigenvalue weighted by atomic mass is 35.5. The third-order valence-corrected chi connectivity index (χ3v) is 7.90. The van der Waals surface area contributed by atoms with Gasteiger partial charge in [-0.1, -0.05) is 11.6 Å². The van der Waals surface area contributed by atoms with Gasteiger partial charge in [0.05, 0.1) is 5.69 Å². The van der Waals surface area contributed by atoms with Crippen molar-refractivity contribution in [2.24, 2.45) is 4.99 Å². The number of nitrogens with one attached hydrogen (secondary N) is 1. The summed E-state index contributed by atoms with van der Waals surface area (Å²) in [4.78, 5) is 34.9. The fourth-order valence-corrected chi connectivity index (χ4v) is 5.75. The highest BCUT2D eigenvalue weighted by Crippen LogP contribution is 2.34. The van der Waals surface area contributed by atoms with Gasteiger partial charge < -0.3 is 19.7 Å². The van der Waals surface area contributed by atoms with Gasteiger partial charge in [-0.25, -0.2) is 0 Å². The van der Waals surface area contributed by atoms with E-state index < -0.39 is 0 Å². The van der Waals surface area contributed by atoms with Gasteiger partial charge in [-0.15, -0.1) is 0 Å². The molecule has 1 N–H and O–H groups in total. The molecule has 0 saturated heterocycles. The zero-order chi connectivity index (χ0) is 25.3. The molecule has 2 heterocycles. The maximum Gasteiger partial charge on any atom is 0.251 e. The van der Waals surface area contributed by atoms with Crippen molar-refractivity contribution in [1.82, 2.24) is 14.8 Å². The van der Waals surface area contributed by atoms with Crippen molar-refractivity contribution < 1.29 is 4.79 Å². The number of aromatic nitrogens is 1. The molecule has 7 nitrogen and oxygen atoms in total. The van der Waals surface area contributed by atoms with Gasteiger partial charge in [-0.2, -0.15) is 0 Å². The number of anilines is 1. The monoisotopic (exact) mass is 497 g/mol. The molecule has 1 amide bonds. The second kappa shape index (κ2) is 10.5. The lowest BCUT2D eigenvalue weighted by molar-refractivity contribution is 0.0950. The van der Waals surface area contributed by atoms with E-state index in [4.69, 9.17) is 11.6 Å². The lowest BCUT2D eigenvalue weighted by atomic mass is 9.89. The van der Waals surface area contributed by atoms with Crippen molar-refractivity contribution in [3.63, 3.8) is 0 Å². The van der Waals surface area contributed by atoms with Crippen molar-refractivity contribution in [2.75, 3.05) is 25.5 Å². The maximum atomic E-state index is 13.3. The number of hydrogen-bond acceptors (Lipinski definition) is 5. The number of amides is 1. The molecule has 0 unspecified atom stereocenters. The van der Waals surface area contributed by atoms with E-state index in [1.807, 2.05) is 24.5 Å². The fraction of sp³-hybridized carbons (Fsp3) is 0.519. The summed E-state index contributed by atoms with van der Waals surface area (Å²) in [5.74, 6) is -0.223. The number of aliphatic imine (C=N–C) groups is 1. The normalized spacial score (nSPS) is 19.2. The van der Waals surface area contributed by atoms with Crippen molar-refractivity contribution in [2.45, 2.75) is 71.8 Å². The molecule has 0 atom stereocenters. The van der Waals surface area contributed by atoms with Gasteiger partial charge in [0.2, 0.25) is 0 Å². The quantitative estimate of drug-likeness (QED) is 0.624. The van der Waals surface area contributed by atoms with Crippen LogP contribution in [0.5, 0.6) is 0 Å². The standard InChI is InChI=1S/C27H36ClN5O2/c1-6-32(21-9-7-20(8-10-21)31(4)5)25-12-19(28)11-23(17(25)2)27(35)30-15-24-18(3)33-16-29-14-22(33)13-26(24)34/h11-14,20-21H,6-10,15-16H2,1-5H3,(H,30,35). The SMILES string of the molecule is CCN(c1cc(Cl)cc(C(=O)NCc2c(C)n3c(cc2=O)C=NC3)c1C)C1CCC(N(C)C)CC1. The largest absolute Gasteiger partial charge is 0.369 e. The van der Waals surface area contributed by atoms with E-state index in [0.717, 1.165) is 42.0 Å². The molecule has 35 heavy (non-hydrogen) atoms. The minimum atomic E-state index is -0.223. The second-order valence-corrected chi connectivity index (χ2v) is 10.3. The topological polar surface area (TPSA) is 69.9 Å². The Balaban J connectivity index is 1.54. The number of halogens is 1. The van der Waals surface area contributed by atoms with Crippen LogP contribution in [0.15, 0.2) is 28.0 Å². The molecule has 188 valence electrons. The molecule has 4 rings (SSSR count). The third-order valence-electron chi connectivity index (χ3n) is 7.68. The molecule has 1 aliphatic heterocycles. The lowest BCUT2D eigenvalue weighted by Gasteiger charge is -2.40. The van der Waals surface area contributed by atoms with E-state index in [1.165, 1.54) is 12.8 Å². The van der Waals surface area contributed by atoms with Crippen LogP contribution in [0.2, 0.25) is 5.02 Å². The highest BCUT2D eigenvalue weighted by Gasteiger charge is 2.28. The molecule has 1 aromatic carbocycles. The van der Waals surface area contributed by atoms with E-state index in [0.29, 0.717) is 34.9 Å². The second-order valence-electron chi connectivity index (χ2n) is 9.87. The summed E-state index contributed by atoms with van der Waals surface area (Å²) in [6.45, 7) is 7.56. The van der Waals surface area contributed by atoms with Gasteiger partial charge in [-0.05, 0) is 78.2 Å². The van der Waals surface area contributed by atoms with Crippen LogP contribution in [0.4, 0.5) is 5.69 Å². The summed E-state index contributed by atoms with van der Waals surface area (Å²) < 4.78 is 1.98. The van der Waals surface area contributed by atoms with Gasteiger partial charge in [0.1, 0.15) is 6.67 Å². The number of hydrogen-bond donors (Lipinski definition) is 1. The molecule has 1 fully saturated rings. The van der Waals surface area contributed by atoms with Gasteiger partial charge in [0.25, 0.3) is 5.91 Å². The maximum absolute atomic E-state index is 13.3. The number of fused-ring (bicyclic) bond motifs is 1. The average Bonchev–Trinajstić information content (AvgIpc) is 3.30. The predicted octanol–water partition coefficient (Wildman–Crippen LogP) is 4.14. The van der Waals surface area contributed by atoms with Crippen LogP contribution in [0, 0.1) is 13.8 Å². The summed E-state index contributed by atoms with van der Waals surface area (Å²) in [5, 5.41) is 3.51. The van der Waals surface area contributed by atoms with E-state index in [1.54, 1.807) is 18.3 Å². The summed E-state index contributed by atoms with van der Waals surface area (Å²) in [6.07, 6.45) is 6.29. The molecule has 2 aliphatic rings. The fourth-order valence-electron chi connectivity index (χ4n) is 5.53. The van der Waals surface area contributed by atoms with E-state index in [9.17, 15) is 9.59 Å². The van der Waals surface area contributed by atoms with E-state index in [2.05, 4.69) is 41.1 Å². The number of benzene rings is 1. The molecule has 0 spiro atoms. The molecule has 0 bridgehead atoms. The number of pyridine rings is 1. The average molecular weight is 498 g/mol. The Labute approximate surface area is 212 Å². The minimum absolute atomic E-state index is 0.0867. The van der Waals surface area contributed by atoms with Crippen LogP contribution in [0.25, 0.3) is 0 Å². The molecular weight excluding hydrogens is 462 g/mol. The van der Waals surface area contributed by atoms with Crippen LogP contribution in [-0.4, -0.2) is 54.3 Å². The smallest absolute Gasteiger partial charge is 0.251 e. The summed E-state index contributed by atoms with van der Waals surface area (Å²) >= 11 is 6.52. The molecular formula is C27H36ClN5O2. The lowest BCUT2D eigenvalue weighted by Crippen LogP contribution is -2.42. The van der Waals surface area contributed by atoms with Crippen LogP contribution < -0.4 is 15.6 Å². The predicted molar refractivity (Wildman–Crippen MR) is 143 cm³/mol. The Morgan fingerprint density at radius 3 is 2.49 bits per heavy atom. The van der Waals surface area contributed by atoms with Gasteiger partial charge in [0, 0.05) is 65.0 Å². The van der Waals surface area contributed by atoms with Crippen LogP contribution >= 0.6 is 11.6 Å². The first-order valence-electron chi connectivity index (χ1n) is 12.5. The Bertz CT molecular complexity index is 1200. The first kappa shape index (κ1) is 25.5. The molecule has 0 radical (unpaired) electrons. The minimum Gasteiger partial charge on any atom is -0.369 e.